The van der Waals surface area contributed by atoms with Gasteiger partial charge in [-0.05, 0) is 23.6 Å². The van der Waals surface area contributed by atoms with Crippen LogP contribution in [0.3, 0.4) is 0 Å². The first-order valence-electron chi connectivity index (χ1n) is 6.78. The van der Waals surface area contributed by atoms with Crippen LogP contribution in [0.25, 0.3) is 0 Å². The smallest absolute Gasteiger partial charge is 0.319 e. The van der Waals surface area contributed by atoms with E-state index in [1.165, 1.54) is 0 Å². The molecule has 3 rings (SSSR count). The van der Waals surface area contributed by atoms with Crippen molar-refractivity contribution in [1.82, 2.24) is 5.32 Å². The molecule has 5 nitrogen and oxygen atoms in total. The van der Waals surface area contributed by atoms with Crippen molar-refractivity contribution in [2.24, 2.45) is 0 Å². The van der Waals surface area contributed by atoms with Crippen LogP contribution in [0.2, 0.25) is 0 Å². The van der Waals surface area contributed by atoms with Crippen LogP contribution in [-0.4, -0.2) is 19.2 Å². The fraction of sp³-hybridized carbons (Fsp3) is 0.267. The molecule has 1 aromatic carbocycles. The molecule has 0 fully saturated rings. The molecule has 1 aliphatic heterocycles. The standard InChI is InChI=1S/C15H16N2O3S/c18-15(16-10-12-3-1-8-21-12)17-11-4-5-13-14(9-11)20-7-2-6-19-13/h1,3-5,8-9H,2,6-7,10H2,(H2,16,17,18). The molecule has 110 valence electrons. The van der Waals surface area contributed by atoms with Gasteiger partial charge in [0.1, 0.15) is 0 Å². The zero-order valence-electron chi connectivity index (χ0n) is 11.4. The van der Waals surface area contributed by atoms with Crippen LogP contribution in [0.15, 0.2) is 35.7 Å². The fourth-order valence-electron chi connectivity index (χ4n) is 2.00. The van der Waals surface area contributed by atoms with E-state index < -0.39 is 0 Å². The molecule has 2 N–H and O–H groups in total. The van der Waals surface area contributed by atoms with Gasteiger partial charge in [-0.3, -0.25) is 0 Å². The van der Waals surface area contributed by atoms with Gasteiger partial charge in [0.05, 0.1) is 19.8 Å². The number of thiophene rings is 1. The summed E-state index contributed by atoms with van der Waals surface area (Å²) in [5.41, 5.74) is 0.683. The average Bonchev–Trinajstić information content (AvgIpc) is 2.90. The van der Waals surface area contributed by atoms with Crippen LogP contribution in [0, 0.1) is 0 Å². The second-order valence-corrected chi connectivity index (χ2v) is 5.63. The number of amides is 2. The lowest BCUT2D eigenvalue weighted by Gasteiger charge is -2.11. The van der Waals surface area contributed by atoms with Gasteiger partial charge >= 0.3 is 6.03 Å². The van der Waals surface area contributed by atoms with E-state index in [0.717, 1.165) is 17.0 Å². The molecule has 0 spiro atoms. The van der Waals surface area contributed by atoms with Crippen molar-refractivity contribution < 1.29 is 14.3 Å². The average molecular weight is 304 g/mol. The molecule has 1 aromatic heterocycles. The van der Waals surface area contributed by atoms with E-state index in [0.29, 0.717) is 31.2 Å². The summed E-state index contributed by atoms with van der Waals surface area (Å²) in [5.74, 6) is 1.39. The maximum absolute atomic E-state index is 11.9. The van der Waals surface area contributed by atoms with Gasteiger partial charge in [-0.1, -0.05) is 6.07 Å². The predicted molar refractivity (Wildman–Crippen MR) is 82.2 cm³/mol. The summed E-state index contributed by atoms with van der Waals surface area (Å²) in [6.07, 6.45) is 0.860. The Bertz CT molecular complexity index is 613. The highest BCUT2D eigenvalue weighted by Gasteiger charge is 2.11. The summed E-state index contributed by atoms with van der Waals surface area (Å²) >= 11 is 1.61. The second kappa shape index (κ2) is 6.49. The van der Waals surface area contributed by atoms with Crippen LogP contribution in [0.4, 0.5) is 10.5 Å². The number of urea groups is 1. The van der Waals surface area contributed by atoms with Gasteiger partial charge in [-0.2, -0.15) is 0 Å². The number of hydrogen-bond donors (Lipinski definition) is 2. The van der Waals surface area contributed by atoms with Crippen LogP contribution in [0.5, 0.6) is 11.5 Å². The highest BCUT2D eigenvalue weighted by Crippen LogP contribution is 2.32. The lowest BCUT2D eigenvalue weighted by atomic mass is 10.3. The molecule has 0 atom stereocenters. The largest absolute Gasteiger partial charge is 0.490 e. The number of ether oxygens (including phenoxy) is 2. The van der Waals surface area contributed by atoms with Crippen LogP contribution >= 0.6 is 11.3 Å². The third-order valence-corrected chi connectivity index (χ3v) is 3.89. The van der Waals surface area contributed by atoms with Crippen molar-refractivity contribution in [3.05, 3.63) is 40.6 Å². The fourth-order valence-corrected chi connectivity index (χ4v) is 2.64. The molecule has 0 aliphatic carbocycles. The Kier molecular flexibility index (Phi) is 4.25. The summed E-state index contributed by atoms with van der Waals surface area (Å²) in [5, 5.41) is 7.59. The normalized spacial score (nSPS) is 13.3. The summed E-state index contributed by atoms with van der Waals surface area (Å²) in [7, 11) is 0. The Morgan fingerprint density at radius 2 is 2.05 bits per heavy atom. The molecule has 0 saturated carbocycles. The number of hydrogen-bond acceptors (Lipinski definition) is 4. The number of rotatable bonds is 3. The zero-order chi connectivity index (χ0) is 14.5. The Morgan fingerprint density at radius 3 is 2.86 bits per heavy atom. The van der Waals surface area contributed by atoms with Crippen molar-refractivity contribution >= 4 is 23.1 Å². The van der Waals surface area contributed by atoms with Gasteiger partial charge in [0, 0.05) is 23.1 Å². The molecule has 2 heterocycles. The minimum atomic E-state index is -0.238. The SMILES string of the molecule is O=C(NCc1cccs1)Nc1ccc2c(c1)OCCCO2. The molecule has 0 saturated heterocycles. The van der Waals surface area contributed by atoms with E-state index in [4.69, 9.17) is 9.47 Å². The molecule has 6 heteroatoms. The molecule has 0 radical (unpaired) electrons. The minimum absolute atomic E-state index is 0.238. The number of anilines is 1. The predicted octanol–water partition coefficient (Wildman–Crippen LogP) is 3.23. The summed E-state index contributed by atoms with van der Waals surface area (Å²) in [6.45, 7) is 1.80. The van der Waals surface area contributed by atoms with Crippen LogP contribution in [0.1, 0.15) is 11.3 Å². The van der Waals surface area contributed by atoms with Crippen LogP contribution in [-0.2, 0) is 6.54 Å². The van der Waals surface area contributed by atoms with Crippen LogP contribution < -0.4 is 20.1 Å². The van der Waals surface area contributed by atoms with Crippen molar-refractivity contribution in [3.8, 4) is 11.5 Å². The van der Waals surface area contributed by atoms with E-state index in [-0.39, 0.29) is 6.03 Å². The first-order chi connectivity index (χ1) is 10.3. The van der Waals surface area contributed by atoms with Crippen molar-refractivity contribution in [1.29, 1.82) is 0 Å². The molecule has 0 unspecified atom stereocenters. The molecule has 21 heavy (non-hydrogen) atoms. The third kappa shape index (κ3) is 3.66. The Hall–Kier alpha value is -2.21. The Balaban J connectivity index is 1.59. The first kappa shape index (κ1) is 13.8. The highest BCUT2D eigenvalue weighted by molar-refractivity contribution is 7.09. The zero-order valence-corrected chi connectivity index (χ0v) is 12.2. The van der Waals surface area contributed by atoms with Gasteiger partial charge in [0.25, 0.3) is 0 Å². The monoisotopic (exact) mass is 304 g/mol. The molecule has 2 aromatic rings. The Labute approximate surface area is 126 Å². The first-order valence-corrected chi connectivity index (χ1v) is 7.66. The summed E-state index contributed by atoms with van der Waals surface area (Å²) in [4.78, 5) is 13.0. The van der Waals surface area contributed by atoms with Crippen molar-refractivity contribution in [3.63, 3.8) is 0 Å². The van der Waals surface area contributed by atoms with Gasteiger partial charge in [0.15, 0.2) is 11.5 Å². The maximum atomic E-state index is 11.9. The summed E-state index contributed by atoms with van der Waals surface area (Å²) in [6, 6.07) is 9.11. The number of benzene rings is 1. The van der Waals surface area contributed by atoms with Gasteiger partial charge in [-0.15, -0.1) is 11.3 Å². The van der Waals surface area contributed by atoms with E-state index in [9.17, 15) is 4.79 Å². The molecule has 2 amide bonds. The van der Waals surface area contributed by atoms with Crippen molar-refractivity contribution in [2.45, 2.75) is 13.0 Å². The lowest BCUT2D eigenvalue weighted by molar-refractivity contribution is 0.252. The summed E-state index contributed by atoms with van der Waals surface area (Å²) < 4.78 is 11.1. The number of nitrogens with one attached hydrogen (secondary N) is 2. The third-order valence-electron chi connectivity index (χ3n) is 3.01. The number of carbonyl (C=O) groups excluding carboxylic acids is 1. The Morgan fingerprint density at radius 1 is 1.19 bits per heavy atom. The van der Waals surface area contributed by atoms with Gasteiger partial charge in [0.2, 0.25) is 0 Å². The quantitative estimate of drug-likeness (QED) is 0.915. The van der Waals surface area contributed by atoms with E-state index in [2.05, 4.69) is 10.6 Å². The van der Waals surface area contributed by atoms with Gasteiger partial charge < -0.3 is 20.1 Å². The van der Waals surface area contributed by atoms with E-state index in [1.54, 1.807) is 23.5 Å². The van der Waals surface area contributed by atoms with E-state index >= 15 is 0 Å². The van der Waals surface area contributed by atoms with Crippen molar-refractivity contribution in [2.75, 3.05) is 18.5 Å². The number of carbonyl (C=O) groups is 1. The molecular formula is C15H16N2O3S. The minimum Gasteiger partial charge on any atom is -0.490 e. The topological polar surface area (TPSA) is 59.6 Å². The molecular weight excluding hydrogens is 288 g/mol. The van der Waals surface area contributed by atoms with Gasteiger partial charge in [-0.25, -0.2) is 4.79 Å². The second-order valence-electron chi connectivity index (χ2n) is 4.60. The lowest BCUT2D eigenvalue weighted by Crippen LogP contribution is -2.27. The molecule has 0 bridgehead atoms. The molecule has 1 aliphatic rings. The number of fused-ring (bicyclic) bond motifs is 1. The van der Waals surface area contributed by atoms with E-state index in [1.807, 2.05) is 23.6 Å². The highest BCUT2D eigenvalue weighted by atomic mass is 32.1. The maximum Gasteiger partial charge on any atom is 0.319 e.